The molecule has 0 amide bonds. The van der Waals surface area contributed by atoms with E-state index in [1.54, 1.807) is 12.1 Å². The third kappa shape index (κ3) is 4.69. The van der Waals surface area contributed by atoms with Crippen LogP contribution < -0.4 is 5.32 Å². The van der Waals surface area contributed by atoms with Crippen LogP contribution in [0, 0.1) is 11.7 Å². The van der Waals surface area contributed by atoms with E-state index in [0.29, 0.717) is 12.0 Å². The topological polar surface area (TPSA) is 15.3 Å². The highest BCUT2D eigenvalue weighted by Gasteiger charge is 2.24. The molecule has 0 saturated carbocycles. The predicted molar refractivity (Wildman–Crippen MR) is 88.0 cm³/mol. The van der Waals surface area contributed by atoms with Gasteiger partial charge in [0.15, 0.2) is 0 Å². The zero-order valence-corrected chi connectivity index (χ0v) is 14.4. The van der Waals surface area contributed by atoms with E-state index in [1.807, 2.05) is 6.07 Å². The molecule has 0 unspecified atom stereocenters. The van der Waals surface area contributed by atoms with Gasteiger partial charge in [-0.2, -0.15) is 0 Å². The summed E-state index contributed by atoms with van der Waals surface area (Å²) in [7, 11) is 0. The van der Waals surface area contributed by atoms with Crippen molar-refractivity contribution in [2.75, 3.05) is 26.2 Å². The molecular weight excluding hydrogens is 343 g/mol. The van der Waals surface area contributed by atoms with Crippen LogP contribution in [0.5, 0.6) is 0 Å². The molecule has 114 valence electrons. The van der Waals surface area contributed by atoms with E-state index in [-0.39, 0.29) is 18.2 Å². The van der Waals surface area contributed by atoms with Crippen LogP contribution >= 0.6 is 28.3 Å². The van der Waals surface area contributed by atoms with Crippen molar-refractivity contribution >= 4 is 28.3 Å². The number of hydrogen-bond acceptors (Lipinski definition) is 2. The first-order chi connectivity index (χ1) is 9.08. The van der Waals surface area contributed by atoms with Gasteiger partial charge in [-0.25, -0.2) is 4.39 Å². The maximum atomic E-state index is 13.3. The molecule has 0 radical (unpaired) electrons. The van der Waals surface area contributed by atoms with E-state index in [0.717, 1.165) is 37.1 Å². The van der Waals surface area contributed by atoms with Gasteiger partial charge in [-0.15, -0.1) is 12.4 Å². The van der Waals surface area contributed by atoms with E-state index >= 15 is 0 Å². The first-order valence-electron chi connectivity index (χ1n) is 6.97. The molecule has 5 heteroatoms. The lowest BCUT2D eigenvalue weighted by molar-refractivity contribution is 0.153. The van der Waals surface area contributed by atoms with Gasteiger partial charge < -0.3 is 5.32 Å². The Bertz CT molecular complexity index is 422. The summed E-state index contributed by atoms with van der Waals surface area (Å²) in [6.07, 6.45) is 1.10. The second kappa shape index (κ2) is 8.32. The van der Waals surface area contributed by atoms with Crippen LogP contribution in [0.25, 0.3) is 0 Å². The predicted octanol–water partition coefficient (Wildman–Crippen LogP) is 4.00. The molecule has 1 aromatic rings. The highest BCUT2D eigenvalue weighted by molar-refractivity contribution is 9.10. The first-order valence-corrected chi connectivity index (χ1v) is 7.77. The van der Waals surface area contributed by atoms with Crippen LogP contribution in [0.3, 0.4) is 0 Å². The van der Waals surface area contributed by atoms with Crippen molar-refractivity contribution in [3.63, 3.8) is 0 Å². The number of nitrogens with one attached hydrogen (secondary N) is 1. The molecule has 2 nitrogen and oxygen atoms in total. The number of piperazine rings is 1. The maximum absolute atomic E-state index is 13.3. The third-order valence-electron chi connectivity index (χ3n) is 3.61. The Kier molecular flexibility index (Phi) is 7.45. The molecule has 0 aliphatic carbocycles. The quantitative estimate of drug-likeness (QED) is 0.867. The molecule has 1 aliphatic rings. The summed E-state index contributed by atoms with van der Waals surface area (Å²) in [5.41, 5.74) is 1.21. The first kappa shape index (κ1) is 17.9. The van der Waals surface area contributed by atoms with Crippen LogP contribution in [0.2, 0.25) is 0 Å². The van der Waals surface area contributed by atoms with Gasteiger partial charge in [0.1, 0.15) is 5.82 Å². The Morgan fingerprint density at radius 1 is 1.30 bits per heavy atom. The molecule has 1 atom stereocenters. The van der Waals surface area contributed by atoms with Crippen LogP contribution in [0.15, 0.2) is 22.7 Å². The second-order valence-electron chi connectivity index (χ2n) is 5.60. The lowest BCUT2D eigenvalue weighted by atomic mass is 9.95. The van der Waals surface area contributed by atoms with Gasteiger partial charge in [0.05, 0.1) is 0 Å². The van der Waals surface area contributed by atoms with Crippen molar-refractivity contribution in [3.05, 3.63) is 34.1 Å². The lowest BCUT2D eigenvalue weighted by Crippen LogP contribution is -2.45. The molecule has 0 aromatic heterocycles. The monoisotopic (exact) mass is 364 g/mol. The molecule has 1 aromatic carbocycles. The van der Waals surface area contributed by atoms with Crippen LogP contribution in [-0.4, -0.2) is 31.1 Å². The summed E-state index contributed by atoms with van der Waals surface area (Å²) in [5.74, 6) is 0.441. The Labute approximate surface area is 135 Å². The summed E-state index contributed by atoms with van der Waals surface area (Å²) in [5, 5.41) is 3.38. The van der Waals surface area contributed by atoms with Gasteiger partial charge in [0.2, 0.25) is 0 Å². The molecule has 1 heterocycles. The Morgan fingerprint density at radius 3 is 2.50 bits per heavy atom. The molecule has 2 rings (SSSR count). The molecule has 1 fully saturated rings. The highest BCUT2D eigenvalue weighted by Crippen LogP contribution is 2.33. The van der Waals surface area contributed by atoms with Crippen molar-refractivity contribution in [2.45, 2.75) is 26.3 Å². The fraction of sp³-hybridized carbons (Fsp3) is 0.600. The van der Waals surface area contributed by atoms with Gasteiger partial charge in [-0.3, -0.25) is 4.90 Å². The molecule has 0 spiro atoms. The largest absolute Gasteiger partial charge is 0.314 e. The molecular formula is C15H23BrClFN2. The van der Waals surface area contributed by atoms with Crippen molar-refractivity contribution < 1.29 is 4.39 Å². The van der Waals surface area contributed by atoms with Crippen molar-refractivity contribution in [3.8, 4) is 0 Å². The number of hydrogen-bond donors (Lipinski definition) is 1. The number of halogens is 3. The minimum absolute atomic E-state index is 0. The van der Waals surface area contributed by atoms with E-state index in [4.69, 9.17) is 0 Å². The Hall–Kier alpha value is -0.160. The van der Waals surface area contributed by atoms with E-state index in [1.165, 1.54) is 5.56 Å². The van der Waals surface area contributed by atoms with Gasteiger partial charge >= 0.3 is 0 Å². The molecule has 1 aliphatic heterocycles. The smallest absolute Gasteiger partial charge is 0.124 e. The van der Waals surface area contributed by atoms with Crippen molar-refractivity contribution in [2.24, 2.45) is 5.92 Å². The van der Waals surface area contributed by atoms with Crippen molar-refractivity contribution in [1.82, 2.24) is 10.2 Å². The van der Waals surface area contributed by atoms with E-state index in [2.05, 4.69) is 40.0 Å². The third-order valence-corrected chi connectivity index (χ3v) is 4.30. The number of benzene rings is 1. The Morgan fingerprint density at radius 2 is 1.95 bits per heavy atom. The molecule has 0 bridgehead atoms. The zero-order valence-electron chi connectivity index (χ0n) is 12.0. The van der Waals surface area contributed by atoms with Crippen LogP contribution in [0.4, 0.5) is 4.39 Å². The van der Waals surface area contributed by atoms with E-state index in [9.17, 15) is 4.39 Å². The SMILES string of the molecule is CC(C)C[C@@H](c1ccc(F)cc1Br)N1CCNCC1.Cl. The zero-order chi connectivity index (χ0) is 13.8. The second-order valence-corrected chi connectivity index (χ2v) is 6.45. The summed E-state index contributed by atoms with van der Waals surface area (Å²) in [6.45, 7) is 8.67. The fourth-order valence-electron chi connectivity index (χ4n) is 2.68. The number of nitrogens with zero attached hydrogens (tertiary/aromatic N) is 1. The summed E-state index contributed by atoms with van der Waals surface area (Å²) in [4.78, 5) is 2.51. The highest BCUT2D eigenvalue weighted by atomic mass is 79.9. The van der Waals surface area contributed by atoms with Crippen molar-refractivity contribution in [1.29, 1.82) is 0 Å². The molecule has 1 N–H and O–H groups in total. The summed E-state index contributed by atoms with van der Waals surface area (Å²) >= 11 is 3.52. The molecule has 1 saturated heterocycles. The minimum Gasteiger partial charge on any atom is -0.314 e. The standard InChI is InChI=1S/C15H22BrFN2.ClH/c1-11(2)9-15(19-7-5-18-6-8-19)13-4-3-12(17)10-14(13)16;/h3-4,10-11,15,18H,5-9H2,1-2H3;1H/t15-;/m0./s1. The normalized spacial score (nSPS) is 17.9. The lowest BCUT2D eigenvalue weighted by Gasteiger charge is -2.36. The fourth-order valence-corrected chi connectivity index (χ4v) is 3.30. The summed E-state index contributed by atoms with van der Waals surface area (Å²) < 4.78 is 14.1. The van der Waals surface area contributed by atoms with Gasteiger partial charge in [-0.1, -0.05) is 35.8 Å². The van der Waals surface area contributed by atoms with Gasteiger partial charge in [0, 0.05) is 36.7 Å². The van der Waals surface area contributed by atoms with E-state index < -0.39 is 0 Å². The Balaban J connectivity index is 0.00000200. The summed E-state index contributed by atoms with van der Waals surface area (Å²) in [6, 6.07) is 5.44. The van der Waals surface area contributed by atoms with Gasteiger partial charge in [-0.05, 0) is 30.0 Å². The minimum atomic E-state index is -0.181. The maximum Gasteiger partial charge on any atom is 0.124 e. The average molecular weight is 366 g/mol. The van der Waals surface area contributed by atoms with Gasteiger partial charge in [0.25, 0.3) is 0 Å². The average Bonchev–Trinajstić information content (AvgIpc) is 2.37. The number of rotatable bonds is 4. The van der Waals surface area contributed by atoms with Crippen LogP contribution in [0.1, 0.15) is 31.9 Å². The molecule has 20 heavy (non-hydrogen) atoms. The van der Waals surface area contributed by atoms with Crippen LogP contribution in [-0.2, 0) is 0 Å².